The number of hydrazone groups is 1. The number of hydrogen-bond donors (Lipinski definition) is 1. The molecule has 0 saturated carbocycles. The van der Waals surface area contributed by atoms with Crippen LogP contribution >= 0.6 is 0 Å². The summed E-state index contributed by atoms with van der Waals surface area (Å²) in [7, 11) is 1.60. The summed E-state index contributed by atoms with van der Waals surface area (Å²) in [5.74, 6) is 0.496. The van der Waals surface area contributed by atoms with Gasteiger partial charge < -0.3 is 4.74 Å². The maximum Gasteiger partial charge on any atom is 0.271 e. The lowest BCUT2D eigenvalue weighted by Gasteiger charge is -2.07. The topological polar surface area (TPSA) is 50.7 Å². The summed E-state index contributed by atoms with van der Waals surface area (Å²) >= 11 is 0. The number of carbonyl (C=O) groups is 1. The van der Waals surface area contributed by atoms with Gasteiger partial charge in [0.05, 0.1) is 12.8 Å². The van der Waals surface area contributed by atoms with Gasteiger partial charge in [0.25, 0.3) is 5.91 Å². The number of amides is 1. The highest BCUT2D eigenvalue weighted by molar-refractivity contribution is 6.02. The van der Waals surface area contributed by atoms with Gasteiger partial charge in [-0.15, -0.1) is 0 Å². The average Bonchev–Trinajstić information content (AvgIpc) is 2.62. The normalized spacial score (nSPS) is 11.1. The number of ether oxygens (including phenoxy) is 1. The molecule has 0 unspecified atom stereocenters. The van der Waals surface area contributed by atoms with Crippen molar-refractivity contribution < 1.29 is 9.53 Å². The second-order valence-electron chi connectivity index (χ2n) is 5.20. The predicted octanol–water partition coefficient (Wildman–Crippen LogP) is 4.02. The van der Waals surface area contributed by atoms with Crippen LogP contribution in [0.5, 0.6) is 5.75 Å². The van der Waals surface area contributed by atoms with Crippen LogP contribution in [0, 0.1) is 0 Å². The molecule has 4 heteroatoms. The fourth-order valence-corrected chi connectivity index (χ4v) is 2.16. The number of nitrogens with zero attached hydrogens (tertiary/aromatic N) is 1. The van der Waals surface area contributed by atoms with E-state index in [1.165, 1.54) is 0 Å². The quantitative estimate of drug-likeness (QED) is 0.620. The molecule has 2 aromatic rings. The minimum absolute atomic E-state index is 0.224. The van der Waals surface area contributed by atoms with Crippen molar-refractivity contribution in [2.45, 2.75) is 26.2 Å². The van der Waals surface area contributed by atoms with Crippen LogP contribution < -0.4 is 10.2 Å². The largest absolute Gasteiger partial charge is 0.497 e. The number of benzene rings is 2. The Balaban J connectivity index is 2.10. The van der Waals surface area contributed by atoms with Gasteiger partial charge in [-0.3, -0.25) is 4.79 Å². The number of rotatable bonds is 7. The molecule has 0 heterocycles. The third-order valence-electron chi connectivity index (χ3n) is 3.52. The zero-order valence-corrected chi connectivity index (χ0v) is 13.6. The second-order valence-corrected chi connectivity index (χ2v) is 5.20. The molecular weight excluding hydrogens is 288 g/mol. The molecule has 2 rings (SSSR count). The van der Waals surface area contributed by atoms with Gasteiger partial charge in [0.15, 0.2) is 0 Å². The molecular formula is C19H22N2O2. The van der Waals surface area contributed by atoms with E-state index < -0.39 is 0 Å². The van der Waals surface area contributed by atoms with Crippen molar-refractivity contribution >= 4 is 11.6 Å². The summed E-state index contributed by atoms with van der Waals surface area (Å²) in [6.07, 6.45) is 2.95. The molecule has 23 heavy (non-hydrogen) atoms. The van der Waals surface area contributed by atoms with E-state index in [1.54, 1.807) is 31.4 Å². The minimum atomic E-state index is -0.224. The summed E-state index contributed by atoms with van der Waals surface area (Å²) in [6.45, 7) is 2.14. The van der Waals surface area contributed by atoms with Crippen LogP contribution in [-0.2, 0) is 0 Å². The van der Waals surface area contributed by atoms with Gasteiger partial charge >= 0.3 is 0 Å². The van der Waals surface area contributed by atoms with Crippen molar-refractivity contribution in [1.29, 1.82) is 0 Å². The van der Waals surface area contributed by atoms with Crippen LogP contribution in [-0.4, -0.2) is 18.7 Å². The van der Waals surface area contributed by atoms with Crippen molar-refractivity contribution in [3.05, 3.63) is 65.7 Å². The van der Waals surface area contributed by atoms with Crippen molar-refractivity contribution in [1.82, 2.24) is 5.43 Å². The first-order chi connectivity index (χ1) is 11.2. The first-order valence-electron chi connectivity index (χ1n) is 7.81. The Bertz CT molecular complexity index is 649. The van der Waals surface area contributed by atoms with Crippen LogP contribution in [0.1, 0.15) is 42.1 Å². The zero-order chi connectivity index (χ0) is 16.5. The average molecular weight is 310 g/mol. The number of unbranched alkanes of at least 4 members (excludes halogenated alkanes) is 1. The molecule has 0 aliphatic rings. The van der Waals surface area contributed by atoms with E-state index in [4.69, 9.17) is 4.74 Å². The molecule has 1 amide bonds. The van der Waals surface area contributed by atoms with Gasteiger partial charge in [0.1, 0.15) is 5.75 Å². The van der Waals surface area contributed by atoms with Gasteiger partial charge in [-0.1, -0.05) is 43.7 Å². The lowest BCUT2D eigenvalue weighted by Crippen LogP contribution is -2.20. The maximum atomic E-state index is 12.2. The van der Waals surface area contributed by atoms with Crippen LogP contribution in [0.15, 0.2) is 59.7 Å². The summed E-state index contributed by atoms with van der Waals surface area (Å²) in [5, 5.41) is 4.34. The van der Waals surface area contributed by atoms with E-state index in [9.17, 15) is 4.79 Å². The van der Waals surface area contributed by atoms with Gasteiger partial charge in [-0.05, 0) is 42.7 Å². The molecule has 2 aromatic carbocycles. The predicted molar refractivity (Wildman–Crippen MR) is 93.0 cm³/mol. The van der Waals surface area contributed by atoms with E-state index in [0.29, 0.717) is 5.56 Å². The third-order valence-corrected chi connectivity index (χ3v) is 3.52. The van der Waals surface area contributed by atoms with Crippen LogP contribution in [0.2, 0.25) is 0 Å². The van der Waals surface area contributed by atoms with Crippen LogP contribution in [0.3, 0.4) is 0 Å². The number of hydrogen-bond acceptors (Lipinski definition) is 3. The summed E-state index contributed by atoms with van der Waals surface area (Å²) in [4.78, 5) is 12.2. The van der Waals surface area contributed by atoms with Gasteiger partial charge in [-0.2, -0.15) is 5.10 Å². The van der Waals surface area contributed by atoms with E-state index in [1.807, 2.05) is 30.3 Å². The van der Waals surface area contributed by atoms with Gasteiger partial charge in [0, 0.05) is 5.56 Å². The highest BCUT2D eigenvalue weighted by Crippen LogP contribution is 2.12. The van der Waals surface area contributed by atoms with Crippen LogP contribution in [0.25, 0.3) is 0 Å². The highest BCUT2D eigenvalue weighted by Gasteiger charge is 2.07. The van der Waals surface area contributed by atoms with Crippen LogP contribution in [0.4, 0.5) is 0 Å². The first-order valence-corrected chi connectivity index (χ1v) is 7.81. The molecule has 0 aromatic heterocycles. The molecule has 1 N–H and O–H groups in total. The third kappa shape index (κ3) is 4.95. The van der Waals surface area contributed by atoms with E-state index >= 15 is 0 Å². The Morgan fingerprint density at radius 2 is 1.74 bits per heavy atom. The molecule has 4 nitrogen and oxygen atoms in total. The van der Waals surface area contributed by atoms with Crippen molar-refractivity contribution in [2.24, 2.45) is 5.10 Å². The molecule has 0 aliphatic heterocycles. The molecule has 0 bridgehead atoms. The zero-order valence-electron chi connectivity index (χ0n) is 13.6. The fourth-order valence-electron chi connectivity index (χ4n) is 2.16. The molecule has 0 fully saturated rings. The first kappa shape index (κ1) is 16.7. The fraction of sp³-hybridized carbons (Fsp3) is 0.263. The molecule has 0 spiro atoms. The van der Waals surface area contributed by atoms with Crippen molar-refractivity contribution in [3.63, 3.8) is 0 Å². The Hall–Kier alpha value is -2.62. The smallest absolute Gasteiger partial charge is 0.271 e. The molecule has 0 aliphatic carbocycles. The SMILES string of the molecule is CCCC/C(=N\NC(=O)c1ccc(OC)cc1)c1ccccc1. The molecule has 0 saturated heterocycles. The summed E-state index contributed by atoms with van der Waals surface area (Å²) in [5.41, 5.74) is 5.14. The Morgan fingerprint density at radius 1 is 1.04 bits per heavy atom. The lowest BCUT2D eigenvalue weighted by molar-refractivity contribution is 0.0954. The molecule has 120 valence electrons. The van der Waals surface area contributed by atoms with Gasteiger partial charge in [0.2, 0.25) is 0 Å². The van der Waals surface area contributed by atoms with Gasteiger partial charge in [-0.25, -0.2) is 5.43 Å². The molecule has 0 atom stereocenters. The summed E-state index contributed by atoms with van der Waals surface area (Å²) < 4.78 is 5.09. The standard InChI is InChI=1S/C19H22N2O2/c1-3-4-10-18(15-8-6-5-7-9-15)20-21-19(22)16-11-13-17(23-2)14-12-16/h5-9,11-14H,3-4,10H2,1-2H3,(H,21,22)/b20-18+. The van der Waals surface area contributed by atoms with Crippen molar-refractivity contribution in [2.75, 3.05) is 7.11 Å². The number of carbonyl (C=O) groups excluding carboxylic acids is 1. The van der Waals surface area contributed by atoms with E-state index in [0.717, 1.165) is 36.3 Å². The Labute approximate surface area is 137 Å². The Morgan fingerprint density at radius 3 is 2.35 bits per heavy atom. The number of nitrogens with one attached hydrogen (secondary N) is 1. The Kier molecular flexibility index (Phi) is 6.36. The van der Waals surface area contributed by atoms with E-state index in [-0.39, 0.29) is 5.91 Å². The lowest BCUT2D eigenvalue weighted by atomic mass is 10.1. The summed E-state index contributed by atoms with van der Waals surface area (Å²) in [6, 6.07) is 16.9. The van der Waals surface area contributed by atoms with Crippen molar-refractivity contribution in [3.8, 4) is 5.75 Å². The number of methoxy groups -OCH3 is 1. The maximum absolute atomic E-state index is 12.2. The highest BCUT2D eigenvalue weighted by atomic mass is 16.5. The van der Waals surface area contributed by atoms with E-state index in [2.05, 4.69) is 17.5 Å². The molecule has 0 radical (unpaired) electrons. The second kappa shape index (κ2) is 8.73. The monoisotopic (exact) mass is 310 g/mol. The minimum Gasteiger partial charge on any atom is -0.497 e.